The van der Waals surface area contributed by atoms with E-state index in [0.29, 0.717) is 5.92 Å². The number of carbonyl (C=O) groups excluding carboxylic acids is 1. The Morgan fingerprint density at radius 1 is 1.52 bits per heavy atom. The Morgan fingerprint density at radius 3 is 2.90 bits per heavy atom. The van der Waals surface area contributed by atoms with E-state index in [4.69, 9.17) is 0 Å². The van der Waals surface area contributed by atoms with Crippen LogP contribution in [-0.4, -0.2) is 36.5 Å². The van der Waals surface area contributed by atoms with Gasteiger partial charge in [-0.2, -0.15) is 0 Å². The van der Waals surface area contributed by atoms with Crippen molar-refractivity contribution in [3.05, 3.63) is 31.8 Å². The van der Waals surface area contributed by atoms with Crippen LogP contribution in [0, 0.1) is 9.49 Å². The third kappa shape index (κ3) is 4.66. The van der Waals surface area contributed by atoms with Crippen LogP contribution in [0.5, 0.6) is 0 Å². The Hall–Kier alpha value is -0.140. The fourth-order valence-electron chi connectivity index (χ4n) is 2.70. The van der Waals surface area contributed by atoms with E-state index in [2.05, 4.69) is 57.7 Å². The molecule has 1 aromatic carbocycles. The number of nitrogens with one attached hydrogen (secondary N) is 1. The molecule has 2 rings (SSSR count). The molecule has 1 saturated heterocycles. The zero-order valence-corrected chi connectivity index (χ0v) is 16.3. The quantitative estimate of drug-likeness (QED) is 0.685. The lowest BCUT2D eigenvalue weighted by molar-refractivity contribution is 0.0659. The van der Waals surface area contributed by atoms with Crippen LogP contribution in [0.2, 0.25) is 0 Å². The summed E-state index contributed by atoms with van der Waals surface area (Å²) < 4.78 is 1.96. The van der Waals surface area contributed by atoms with Crippen molar-refractivity contribution in [2.45, 2.75) is 32.7 Å². The molecule has 0 saturated carbocycles. The van der Waals surface area contributed by atoms with Crippen LogP contribution < -0.4 is 5.32 Å². The third-order valence-corrected chi connectivity index (χ3v) is 5.33. The Labute approximate surface area is 149 Å². The number of piperidine rings is 1. The number of rotatable bonds is 4. The van der Waals surface area contributed by atoms with Crippen molar-refractivity contribution in [3.63, 3.8) is 0 Å². The van der Waals surface area contributed by atoms with Gasteiger partial charge in [0.2, 0.25) is 0 Å². The summed E-state index contributed by atoms with van der Waals surface area (Å²) in [7, 11) is 0. The van der Waals surface area contributed by atoms with Gasteiger partial charge in [0.1, 0.15) is 0 Å². The lowest BCUT2D eigenvalue weighted by Gasteiger charge is -2.33. The highest BCUT2D eigenvalue weighted by atomic mass is 127. The topological polar surface area (TPSA) is 32.3 Å². The second kappa shape index (κ2) is 7.92. The SMILES string of the molecule is CC(C)N(CC1CCCNC1)C(=O)c1cc(Br)ccc1I. The molecule has 1 aliphatic heterocycles. The predicted octanol–water partition coefficient (Wildman–Crippen LogP) is 3.90. The Bertz CT molecular complexity index is 501. The number of carbonyl (C=O) groups is 1. The molecule has 1 atom stereocenters. The first-order valence-corrected chi connectivity index (χ1v) is 9.33. The molecular weight excluding hydrogens is 443 g/mol. The average molecular weight is 465 g/mol. The molecule has 3 nitrogen and oxygen atoms in total. The number of amides is 1. The maximum absolute atomic E-state index is 12.9. The molecule has 1 aromatic rings. The number of halogens is 2. The maximum Gasteiger partial charge on any atom is 0.255 e. The van der Waals surface area contributed by atoms with Crippen molar-refractivity contribution < 1.29 is 4.79 Å². The van der Waals surface area contributed by atoms with Gasteiger partial charge < -0.3 is 10.2 Å². The first-order chi connectivity index (χ1) is 9.99. The summed E-state index contributed by atoms with van der Waals surface area (Å²) in [6.07, 6.45) is 2.41. The van der Waals surface area contributed by atoms with E-state index >= 15 is 0 Å². The molecule has 116 valence electrons. The zero-order chi connectivity index (χ0) is 15.4. The highest BCUT2D eigenvalue weighted by Crippen LogP contribution is 2.22. The summed E-state index contributed by atoms with van der Waals surface area (Å²) >= 11 is 5.70. The van der Waals surface area contributed by atoms with E-state index in [1.807, 2.05) is 23.1 Å². The predicted molar refractivity (Wildman–Crippen MR) is 98.6 cm³/mol. The van der Waals surface area contributed by atoms with E-state index < -0.39 is 0 Å². The fourth-order valence-corrected chi connectivity index (χ4v) is 3.63. The fraction of sp³-hybridized carbons (Fsp3) is 0.562. The smallest absolute Gasteiger partial charge is 0.255 e. The summed E-state index contributed by atoms with van der Waals surface area (Å²) in [5.41, 5.74) is 0.794. The Morgan fingerprint density at radius 2 is 2.29 bits per heavy atom. The van der Waals surface area contributed by atoms with Crippen LogP contribution >= 0.6 is 38.5 Å². The van der Waals surface area contributed by atoms with Gasteiger partial charge in [0.25, 0.3) is 5.91 Å². The van der Waals surface area contributed by atoms with E-state index in [-0.39, 0.29) is 11.9 Å². The first-order valence-electron chi connectivity index (χ1n) is 7.45. The molecule has 0 aromatic heterocycles. The van der Waals surface area contributed by atoms with E-state index in [9.17, 15) is 4.79 Å². The summed E-state index contributed by atoms with van der Waals surface area (Å²) in [6, 6.07) is 6.11. The van der Waals surface area contributed by atoms with Crippen molar-refractivity contribution in [1.29, 1.82) is 0 Å². The van der Waals surface area contributed by atoms with Crippen molar-refractivity contribution >= 4 is 44.4 Å². The number of nitrogens with zero attached hydrogens (tertiary/aromatic N) is 1. The molecule has 1 heterocycles. The average Bonchev–Trinajstić information content (AvgIpc) is 2.47. The maximum atomic E-state index is 12.9. The molecule has 0 bridgehead atoms. The standard InChI is InChI=1S/C16H22BrIN2O/c1-11(2)20(10-12-4-3-7-19-9-12)16(21)14-8-13(17)5-6-15(14)18/h5-6,8,11-12,19H,3-4,7,9-10H2,1-2H3. The Balaban J connectivity index is 2.16. The van der Waals surface area contributed by atoms with Crippen LogP contribution in [0.4, 0.5) is 0 Å². The molecular formula is C16H22BrIN2O. The molecule has 0 spiro atoms. The lowest BCUT2D eigenvalue weighted by atomic mass is 9.98. The Kier molecular flexibility index (Phi) is 6.50. The normalized spacial score (nSPS) is 18.8. The second-order valence-electron chi connectivity index (χ2n) is 5.89. The summed E-state index contributed by atoms with van der Waals surface area (Å²) in [5.74, 6) is 0.705. The van der Waals surface area contributed by atoms with Gasteiger partial charge in [-0.15, -0.1) is 0 Å². The molecule has 1 N–H and O–H groups in total. The van der Waals surface area contributed by atoms with Gasteiger partial charge in [-0.25, -0.2) is 0 Å². The van der Waals surface area contributed by atoms with Crippen LogP contribution in [0.1, 0.15) is 37.0 Å². The van der Waals surface area contributed by atoms with Gasteiger partial charge in [0, 0.05) is 20.6 Å². The molecule has 5 heteroatoms. The first kappa shape index (κ1) is 17.2. The van der Waals surface area contributed by atoms with Gasteiger partial charge in [0.15, 0.2) is 0 Å². The minimum absolute atomic E-state index is 0.140. The van der Waals surface area contributed by atoms with E-state index in [0.717, 1.165) is 33.2 Å². The van der Waals surface area contributed by atoms with Gasteiger partial charge in [-0.05, 0) is 86.5 Å². The van der Waals surface area contributed by atoms with Crippen LogP contribution in [-0.2, 0) is 0 Å². The minimum atomic E-state index is 0.140. The highest BCUT2D eigenvalue weighted by molar-refractivity contribution is 14.1. The van der Waals surface area contributed by atoms with E-state index in [1.54, 1.807) is 0 Å². The number of benzene rings is 1. The monoisotopic (exact) mass is 464 g/mol. The molecule has 0 radical (unpaired) electrons. The third-order valence-electron chi connectivity index (χ3n) is 3.90. The van der Waals surface area contributed by atoms with Crippen molar-refractivity contribution in [2.75, 3.05) is 19.6 Å². The van der Waals surface area contributed by atoms with Gasteiger partial charge in [0.05, 0.1) is 5.56 Å². The largest absolute Gasteiger partial charge is 0.336 e. The van der Waals surface area contributed by atoms with Gasteiger partial charge in [-0.1, -0.05) is 15.9 Å². The number of hydrogen-bond donors (Lipinski definition) is 1. The molecule has 0 aliphatic carbocycles. The number of hydrogen-bond acceptors (Lipinski definition) is 2. The van der Waals surface area contributed by atoms with Gasteiger partial charge in [-0.3, -0.25) is 4.79 Å². The zero-order valence-electron chi connectivity index (χ0n) is 12.5. The van der Waals surface area contributed by atoms with Crippen molar-refractivity contribution in [3.8, 4) is 0 Å². The highest BCUT2D eigenvalue weighted by Gasteiger charge is 2.25. The van der Waals surface area contributed by atoms with Gasteiger partial charge >= 0.3 is 0 Å². The summed E-state index contributed by atoms with van der Waals surface area (Å²) in [5, 5.41) is 3.43. The summed E-state index contributed by atoms with van der Waals surface area (Å²) in [4.78, 5) is 14.9. The lowest BCUT2D eigenvalue weighted by Crippen LogP contribution is -2.44. The molecule has 1 aliphatic rings. The molecule has 1 amide bonds. The molecule has 1 unspecified atom stereocenters. The minimum Gasteiger partial charge on any atom is -0.336 e. The molecule has 21 heavy (non-hydrogen) atoms. The van der Waals surface area contributed by atoms with E-state index in [1.165, 1.54) is 12.8 Å². The van der Waals surface area contributed by atoms with Crippen LogP contribution in [0.25, 0.3) is 0 Å². The van der Waals surface area contributed by atoms with Crippen LogP contribution in [0.15, 0.2) is 22.7 Å². The van der Waals surface area contributed by atoms with Crippen molar-refractivity contribution in [2.24, 2.45) is 5.92 Å². The van der Waals surface area contributed by atoms with Crippen molar-refractivity contribution in [1.82, 2.24) is 10.2 Å². The van der Waals surface area contributed by atoms with Crippen LogP contribution in [0.3, 0.4) is 0 Å². The summed E-state index contributed by atoms with van der Waals surface area (Å²) in [6.45, 7) is 7.16. The molecule has 1 fully saturated rings. The second-order valence-corrected chi connectivity index (χ2v) is 7.97.